The quantitative estimate of drug-likeness (QED) is 0.421. The second-order valence-corrected chi connectivity index (χ2v) is 7.19. The van der Waals surface area contributed by atoms with Crippen LogP contribution in [0.15, 0.2) is 35.2 Å². The first-order valence-electron chi connectivity index (χ1n) is 6.17. The molecule has 0 atom stereocenters. The molecule has 12 heteroatoms. The molecule has 0 unspecified atom stereocenters. The Balaban J connectivity index is 0.00000312. The van der Waals surface area contributed by atoms with Gasteiger partial charge in [-0.05, 0) is 24.3 Å². The number of primary sulfonamides is 1. The molecule has 0 radical (unpaired) electrons. The number of carbonyl (C=O) groups is 1. The molecule has 2 rings (SSSR count). The second kappa shape index (κ2) is 8.79. The summed E-state index contributed by atoms with van der Waals surface area (Å²) in [6.07, 6.45) is 0. The first kappa shape index (κ1) is 22.3. The predicted molar refractivity (Wildman–Crippen MR) is 94.7 cm³/mol. The maximum Gasteiger partial charge on any atom is 1.00 e. The van der Waals surface area contributed by atoms with Crippen molar-refractivity contribution < 1.29 is 49.3 Å². The van der Waals surface area contributed by atoms with Crippen molar-refractivity contribution >= 4 is 62.2 Å². The maximum atomic E-state index is 12.0. The third-order valence-corrected chi connectivity index (χ3v) is 5.04. The molecule has 2 aromatic carbocycles. The van der Waals surface area contributed by atoms with Crippen molar-refractivity contribution in [1.29, 1.82) is 0 Å². The topological polar surface area (TPSA) is 122 Å². The Labute approximate surface area is 182 Å². The van der Waals surface area contributed by atoms with Gasteiger partial charge >= 0.3 is 35.6 Å². The number of carbonyl (C=O) groups excluding carboxylic acids is 1. The van der Waals surface area contributed by atoms with Crippen LogP contribution in [0.1, 0.15) is 1.43 Å². The van der Waals surface area contributed by atoms with Gasteiger partial charge in [0.2, 0.25) is 10.0 Å². The summed E-state index contributed by atoms with van der Waals surface area (Å²) in [6, 6.07) is 6.20. The summed E-state index contributed by atoms with van der Waals surface area (Å²) in [5.74, 6) is -0.780. The van der Waals surface area contributed by atoms with E-state index in [1.807, 2.05) is 0 Å². The number of benzene rings is 2. The van der Waals surface area contributed by atoms with E-state index in [1.54, 1.807) is 6.07 Å². The van der Waals surface area contributed by atoms with Gasteiger partial charge in [-0.3, -0.25) is 0 Å². The normalized spacial score (nSPS) is 10.7. The van der Waals surface area contributed by atoms with E-state index in [-0.39, 0.29) is 57.4 Å². The van der Waals surface area contributed by atoms with Crippen molar-refractivity contribution in [3.63, 3.8) is 0 Å². The van der Waals surface area contributed by atoms with Crippen molar-refractivity contribution in [2.45, 2.75) is 4.90 Å². The smallest absolute Gasteiger partial charge is 1.00 e. The fourth-order valence-corrected chi connectivity index (χ4v) is 3.34. The summed E-state index contributed by atoms with van der Waals surface area (Å²) in [5, 5.41) is 19.7. The summed E-state index contributed by atoms with van der Waals surface area (Å²) in [4.78, 5) is 11.3. The third kappa shape index (κ3) is 5.38. The van der Waals surface area contributed by atoms with Crippen LogP contribution in [0.5, 0.6) is 5.75 Å². The molecule has 0 aliphatic rings. The average Bonchev–Trinajstić information content (AvgIpc) is 2.45. The molecule has 0 saturated heterocycles. The molecule has 0 saturated carbocycles. The van der Waals surface area contributed by atoms with Gasteiger partial charge in [0.05, 0.1) is 26.4 Å². The molecule has 25 heavy (non-hydrogen) atoms. The maximum absolute atomic E-state index is 12.0. The molecule has 2 amide bonds. The van der Waals surface area contributed by atoms with Gasteiger partial charge in [0.1, 0.15) is 4.90 Å². The number of rotatable bonds is 3. The zero-order valence-corrected chi connectivity index (χ0v) is 17.8. The van der Waals surface area contributed by atoms with Crippen LogP contribution in [0.2, 0.25) is 15.1 Å². The van der Waals surface area contributed by atoms with Crippen LogP contribution in [0.25, 0.3) is 0 Å². The number of hydrogen-bond acceptors (Lipinski definition) is 4. The average molecular weight is 435 g/mol. The predicted octanol–water partition coefficient (Wildman–Crippen LogP) is 0.760. The van der Waals surface area contributed by atoms with Crippen LogP contribution in [0.3, 0.4) is 0 Å². The number of phenolic OH excluding ortho intramolecular Hbond substituents is 1. The zero-order chi connectivity index (χ0) is 18.1. The Morgan fingerprint density at radius 2 is 1.64 bits per heavy atom. The summed E-state index contributed by atoms with van der Waals surface area (Å²) in [7, 11) is -4.29. The number of hydrogen-bond donors (Lipinski definition) is 4. The first-order valence-corrected chi connectivity index (χ1v) is 8.85. The fourth-order valence-electron chi connectivity index (χ4n) is 1.79. The third-order valence-electron chi connectivity index (χ3n) is 2.82. The minimum Gasteiger partial charge on any atom is -1.00 e. The van der Waals surface area contributed by atoms with E-state index in [1.165, 1.54) is 24.3 Å². The van der Waals surface area contributed by atoms with E-state index in [0.29, 0.717) is 0 Å². The number of sulfonamides is 1. The molecule has 0 fully saturated rings. The number of aromatic hydroxyl groups is 1. The van der Waals surface area contributed by atoms with Crippen molar-refractivity contribution in [1.82, 2.24) is 0 Å². The van der Waals surface area contributed by atoms with E-state index in [0.717, 1.165) is 0 Å². The molecule has 5 N–H and O–H groups in total. The number of halogens is 3. The molecular formula is C13H11Cl3N3NaO4S. The molecule has 0 aliphatic heterocycles. The molecule has 130 valence electrons. The van der Waals surface area contributed by atoms with Crippen LogP contribution < -0.4 is 45.3 Å². The van der Waals surface area contributed by atoms with Gasteiger partial charge < -0.3 is 17.2 Å². The number of anilines is 2. The van der Waals surface area contributed by atoms with Gasteiger partial charge in [-0.25, -0.2) is 18.4 Å². The van der Waals surface area contributed by atoms with E-state index in [2.05, 4.69) is 10.6 Å². The monoisotopic (exact) mass is 433 g/mol. The van der Waals surface area contributed by atoms with Gasteiger partial charge in [-0.2, -0.15) is 0 Å². The summed E-state index contributed by atoms with van der Waals surface area (Å²) >= 11 is 17.5. The van der Waals surface area contributed by atoms with Crippen molar-refractivity contribution in [2.75, 3.05) is 10.6 Å². The Bertz CT molecular complexity index is 931. The van der Waals surface area contributed by atoms with Crippen molar-refractivity contribution in [2.24, 2.45) is 5.14 Å². The number of phenols is 1. The molecule has 0 heterocycles. The van der Waals surface area contributed by atoms with E-state index in [9.17, 15) is 18.3 Å². The van der Waals surface area contributed by atoms with Crippen LogP contribution in [-0.2, 0) is 10.0 Å². The van der Waals surface area contributed by atoms with Gasteiger partial charge in [0, 0.05) is 0 Å². The molecule has 0 aliphatic carbocycles. The summed E-state index contributed by atoms with van der Waals surface area (Å²) in [6.45, 7) is 0. The van der Waals surface area contributed by atoms with Gasteiger partial charge in [-0.1, -0.05) is 40.9 Å². The number of nitrogens with two attached hydrogens (primary N) is 1. The van der Waals surface area contributed by atoms with Crippen LogP contribution in [0, 0.1) is 0 Å². The SMILES string of the molecule is NS(=O)(=O)c1c(Cl)ccc(NC(=O)Nc2cccc(Cl)c2Cl)c1O.[H-].[Na+]. The van der Waals surface area contributed by atoms with Crippen LogP contribution in [0.4, 0.5) is 16.2 Å². The molecule has 0 spiro atoms. The molecule has 0 bridgehead atoms. The van der Waals surface area contributed by atoms with Crippen LogP contribution in [-0.4, -0.2) is 19.6 Å². The molecule has 2 aromatic rings. The Morgan fingerprint density at radius 3 is 2.24 bits per heavy atom. The minimum atomic E-state index is -4.29. The Kier molecular flexibility index (Phi) is 7.85. The Hall–Kier alpha value is -0.710. The number of nitrogens with one attached hydrogen (secondary N) is 2. The number of urea groups is 1. The number of amides is 2. The van der Waals surface area contributed by atoms with E-state index >= 15 is 0 Å². The summed E-state index contributed by atoms with van der Waals surface area (Å²) < 4.78 is 22.9. The van der Waals surface area contributed by atoms with Crippen LogP contribution >= 0.6 is 34.8 Å². The first-order chi connectivity index (χ1) is 11.1. The molecular weight excluding hydrogens is 424 g/mol. The standard InChI is InChI=1S/C13H10Cl3N3O4S.Na.H/c14-6-2-1-3-8(10(6)16)18-13(21)19-9-5-4-7(15)12(11(9)20)24(17,22)23;;/h1-5,20H,(H2,17,22,23)(H2,18,19,21);;/q;+1;-1. The molecule has 7 nitrogen and oxygen atoms in total. The van der Waals surface area contributed by atoms with Gasteiger partial charge in [0.15, 0.2) is 5.75 Å². The van der Waals surface area contributed by atoms with Gasteiger partial charge in [-0.15, -0.1) is 0 Å². The van der Waals surface area contributed by atoms with Gasteiger partial charge in [0.25, 0.3) is 0 Å². The molecule has 0 aromatic heterocycles. The summed E-state index contributed by atoms with van der Waals surface area (Å²) in [5.41, 5.74) is 0.0147. The minimum absolute atomic E-state index is 0. The Morgan fingerprint density at radius 1 is 1.04 bits per heavy atom. The zero-order valence-electron chi connectivity index (χ0n) is 13.7. The largest absolute Gasteiger partial charge is 1.00 e. The second-order valence-electron chi connectivity index (χ2n) is 4.50. The van der Waals surface area contributed by atoms with Crippen molar-refractivity contribution in [3.05, 3.63) is 45.4 Å². The van der Waals surface area contributed by atoms with E-state index in [4.69, 9.17) is 39.9 Å². The fraction of sp³-hybridized carbons (Fsp3) is 0. The van der Waals surface area contributed by atoms with Crippen molar-refractivity contribution in [3.8, 4) is 5.75 Å². The van der Waals surface area contributed by atoms with E-state index < -0.39 is 26.7 Å².